The van der Waals surface area contributed by atoms with Crippen molar-refractivity contribution in [2.24, 2.45) is 11.8 Å². The van der Waals surface area contributed by atoms with Gasteiger partial charge in [0.2, 0.25) is 5.91 Å². The summed E-state index contributed by atoms with van der Waals surface area (Å²) < 4.78 is 4.64. The van der Waals surface area contributed by atoms with Crippen LogP contribution in [0.5, 0.6) is 0 Å². The standard InChI is InChI=1S/C13H25NO4/c1-8(2)6-10(13(17)18-5)14-12(16)11(15)7-9(3)4/h8-11,15H,6-7H2,1-5H3,(H,14,16)/t10-,11+/m1/s1. The summed E-state index contributed by atoms with van der Waals surface area (Å²) in [6.07, 6.45) is -0.210. The number of carbonyl (C=O) groups is 2. The van der Waals surface area contributed by atoms with Crippen LogP contribution < -0.4 is 5.32 Å². The summed E-state index contributed by atoms with van der Waals surface area (Å²) in [5.74, 6) is -0.530. The molecule has 0 unspecified atom stereocenters. The number of carbonyl (C=O) groups excluding carboxylic acids is 2. The minimum absolute atomic E-state index is 0.215. The smallest absolute Gasteiger partial charge is 0.328 e. The van der Waals surface area contributed by atoms with Crippen LogP contribution in [0.25, 0.3) is 0 Å². The first-order chi connectivity index (χ1) is 8.27. The molecule has 0 aromatic carbocycles. The van der Waals surface area contributed by atoms with Crippen LogP contribution >= 0.6 is 0 Å². The fourth-order valence-electron chi connectivity index (χ4n) is 1.65. The number of hydrogen-bond donors (Lipinski definition) is 2. The van der Waals surface area contributed by atoms with Crippen molar-refractivity contribution >= 4 is 11.9 Å². The normalized spacial score (nSPS) is 14.4. The first-order valence-electron chi connectivity index (χ1n) is 6.34. The van der Waals surface area contributed by atoms with Crippen LogP contribution in [0.3, 0.4) is 0 Å². The van der Waals surface area contributed by atoms with E-state index in [2.05, 4.69) is 10.1 Å². The molecule has 0 spiro atoms. The molecule has 5 heteroatoms. The second-order valence-electron chi connectivity index (χ2n) is 5.36. The molecule has 0 aliphatic heterocycles. The highest BCUT2D eigenvalue weighted by atomic mass is 16.5. The fraction of sp³-hybridized carbons (Fsp3) is 0.846. The predicted molar refractivity (Wildman–Crippen MR) is 68.9 cm³/mol. The molecular weight excluding hydrogens is 234 g/mol. The summed E-state index contributed by atoms with van der Waals surface area (Å²) in [6, 6.07) is -0.690. The molecule has 0 aromatic heterocycles. The summed E-state index contributed by atoms with van der Waals surface area (Å²) in [7, 11) is 1.28. The molecule has 0 aromatic rings. The molecule has 0 aliphatic rings. The number of amides is 1. The van der Waals surface area contributed by atoms with Crippen LogP contribution in [0, 0.1) is 11.8 Å². The Morgan fingerprint density at radius 2 is 1.61 bits per heavy atom. The lowest BCUT2D eigenvalue weighted by Gasteiger charge is -2.20. The summed E-state index contributed by atoms with van der Waals surface area (Å²) >= 11 is 0. The third-order valence-corrected chi connectivity index (χ3v) is 2.51. The minimum atomic E-state index is -1.08. The molecule has 0 fully saturated rings. The van der Waals surface area contributed by atoms with Gasteiger partial charge < -0.3 is 15.2 Å². The number of nitrogens with one attached hydrogen (secondary N) is 1. The first-order valence-corrected chi connectivity index (χ1v) is 6.34. The van der Waals surface area contributed by atoms with Gasteiger partial charge in [0.15, 0.2) is 0 Å². The van der Waals surface area contributed by atoms with Gasteiger partial charge in [-0.25, -0.2) is 4.79 Å². The summed E-state index contributed by atoms with van der Waals surface area (Å²) in [5.41, 5.74) is 0. The quantitative estimate of drug-likeness (QED) is 0.671. The van der Waals surface area contributed by atoms with Crippen LogP contribution in [0.4, 0.5) is 0 Å². The average molecular weight is 259 g/mol. The van der Waals surface area contributed by atoms with Crippen molar-refractivity contribution < 1.29 is 19.4 Å². The lowest BCUT2D eigenvalue weighted by Crippen LogP contribution is -2.46. The maximum absolute atomic E-state index is 11.7. The van der Waals surface area contributed by atoms with Gasteiger partial charge in [0.25, 0.3) is 0 Å². The Balaban J connectivity index is 4.47. The molecule has 5 nitrogen and oxygen atoms in total. The molecule has 0 rings (SSSR count). The second-order valence-corrected chi connectivity index (χ2v) is 5.36. The highest BCUT2D eigenvalue weighted by molar-refractivity contribution is 5.86. The summed E-state index contributed by atoms with van der Waals surface area (Å²) in [4.78, 5) is 23.2. The van der Waals surface area contributed by atoms with Gasteiger partial charge in [-0.05, 0) is 24.7 Å². The van der Waals surface area contributed by atoms with E-state index < -0.39 is 24.0 Å². The maximum Gasteiger partial charge on any atom is 0.328 e. The number of aliphatic hydroxyl groups excluding tert-OH is 1. The summed E-state index contributed by atoms with van der Waals surface area (Å²) in [6.45, 7) is 7.74. The fourth-order valence-corrected chi connectivity index (χ4v) is 1.65. The summed E-state index contributed by atoms with van der Waals surface area (Å²) in [5, 5.41) is 12.2. The number of rotatable bonds is 7. The van der Waals surface area contributed by atoms with E-state index in [0.29, 0.717) is 12.8 Å². The highest BCUT2D eigenvalue weighted by Gasteiger charge is 2.25. The molecule has 18 heavy (non-hydrogen) atoms. The topological polar surface area (TPSA) is 75.6 Å². The van der Waals surface area contributed by atoms with Crippen molar-refractivity contribution in [1.29, 1.82) is 0 Å². The van der Waals surface area contributed by atoms with Crippen LogP contribution in [0.1, 0.15) is 40.5 Å². The highest BCUT2D eigenvalue weighted by Crippen LogP contribution is 2.09. The van der Waals surface area contributed by atoms with Gasteiger partial charge in [-0.1, -0.05) is 27.7 Å². The van der Waals surface area contributed by atoms with Gasteiger partial charge in [0.1, 0.15) is 12.1 Å². The Morgan fingerprint density at radius 1 is 1.11 bits per heavy atom. The second kappa shape index (κ2) is 8.08. The van der Waals surface area contributed by atoms with Crippen LogP contribution in [0.15, 0.2) is 0 Å². The zero-order chi connectivity index (χ0) is 14.3. The molecule has 0 bridgehead atoms. The third kappa shape index (κ3) is 6.59. The van der Waals surface area contributed by atoms with Gasteiger partial charge in [0.05, 0.1) is 7.11 Å². The molecule has 0 saturated heterocycles. The number of ether oxygens (including phenoxy) is 1. The lowest BCUT2D eigenvalue weighted by atomic mass is 10.0. The number of methoxy groups -OCH3 is 1. The largest absolute Gasteiger partial charge is 0.467 e. The van der Waals surface area contributed by atoms with Gasteiger partial charge in [0, 0.05) is 0 Å². The van der Waals surface area contributed by atoms with Gasteiger partial charge in [-0.2, -0.15) is 0 Å². The maximum atomic E-state index is 11.7. The molecule has 1 amide bonds. The van der Waals surface area contributed by atoms with Crippen molar-refractivity contribution in [2.75, 3.05) is 7.11 Å². The van der Waals surface area contributed by atoms with Crippen molar-refractivity contribution in [3.05, 3.63) is 0 Å². The Bertz CT molecular complexity index is 276. The zero-order valence-electron chi connectivity index (χ0n) is 11.9. The van der Waals surface area contributed by atoms with Crippen LogP contribution in [0.2, 0.25) is 0 Å². The van der Waals surface area contributed by atoms with Crippen molar-refractivity contribution in [3.63, 3.8) is 0 Å². The molecule has 106 valence electrons. The third-order valence-electron chi connectivity index (χ3n) is 2.51. The molecule has 0 aliphatic carbocycles. The van der Waals surface area contributed by atoms with Crippen molar-refractivity contribution in [3.8, 4) is 0 Å². The Morgan fingerprint density at radius 3 is 2.00 bits per heavy atom. The van der Waals surface area contributed by atoms with E-state index in [1.54, 1.807) is 0 Å². The zero-order valence-corrected chi connectivity index (χ0v) is 11.9. The van der Waals surface area contributed by atoms with Crippen molar-refractivity contribution in [1.82, 2.24) is 5.32 Å². The lowest BCUT2D eigenvalue weighted by molar-refractivity contribution is -0.146. The van der Waals surface area contributed by atoms with E-state index >= 15 is 0 Å². The molecule has 0 heterocycles. The predicted octanol–water partition coefficient (Wildman–Crippen LogP) is 1.10. The Hall–Kier alpha value is -1.10. The molecule has 0 saturated carbocycles. The van der Waals surface area contributed by atoms with E-state index in [0.717, 1.165) is 0 Å². The Kier molecular flexibility index (Phi) is 7.59. The molecular formula is C13H25NO4. The molecule has 0 radical (unpaired) electrons. The van der Waals surface area contributed by atoms with Gasteiger partial charge in [-0.3, -0.25) is 4.79 Å². The Labute approximate surface area is 109 Å². The monoisotopic (exact) mass is 259 g/mol. The minimum Gasteiger partial charge on any atom is -0.467 e. The average Bonchev–Trinajstić information content (AvgIpc) is 2.25. The van der Waals surface area contributed by atoms with Gasteiger partial charge >= 0.3 is 5.97 Å². The van der Waals surface area contributed by atoms with E-state index in [1.807, 2.05) is 27.7 Å². The number of aliphatic hydroxyl groups is 1. The van der Waals surface area contributed by atoms with E-state index in [-0.39, 0.29) is 11.8 Å². The SMILES string of the molecule is COC(=O)[C@@H](CC(C)C)NC(=O)[C@@H](O)CC(C)C. The van der Waals surface area contributed by atoms with E-state index in [9.17, 15) is 14.7 Å². The van der Waals surface area contributed by atoms with Crippen LogP contribution in [-0.2, 0) is 14.3 Å². The first kappa shape index (κ1) is 16.9. The van der Waals surface area contributed by atoms with Crippen LogP contribution in [-0.4, -0.2) is 36.2 Å². The molecule has 2 N–H and O–H groups in total. The number of esters is 1. The van der Waals surface area contributed by atoms with E-state index in [4.69, 9.17) is 0 Å². The number of hydrogen-bond acceptors (Lipinski definition) is 4. The van der Waals surface area contributed by atoms with Gasteiger partial charge in [-0.15, -0.1) is 0 Å². The van der Waals surface area contributed by atoms with E-state index in [1.165, 1.54) is 7.11 Å². The van der Waals surface area contributed by atoms with Crippen molar-refractivity contribution in [2.45, 2.75) is 52.7 Å². The molecule has 2 atom stereocenters.